The molecule has 4 rings (SSSR count). The molecule has 0 aliphatic carbocycles. The number of ether oxygens (including phenoxy) is 2. The van der Waals surface area contributed by atoms with Crippen molar-refractivity contribution in [3.8, 4) is 23.0 Å². The Hall–Kier alpha value is -3.20. The van der Waals surface area contributed by atoms with E-state index in [0.29, 0.717) is 31.0 Å². The standard InChI is InChI=1S/C18H13NO7S/c1-27(22,23)16-6-10(9-20)2-3-11(16)17-19-13-8-15-14(24-4-5-25-15)7-12(13)18(21)26-17/h2-3,6-9H,4-5H2,1H3. The van der Waals surface area contributed by atoms with Gasteiger partial charge >= 0.3 is 5.63 Å². The van der Waals surface area contributed by atoms with Crippen LogP contribution in [0.15, 0.2) is 44.4 Å². The number of rotatable bonds is 3. The molecule has 0 saturated heterocycles. The number of nitrogens with zero attached hydrogens (tertiary/aromatic N) is 1. The summed E-state index contributed by atoms with van der Waals surface area (Å²) in [5, 5.41) is 0.188. The van der Waals surface area contributed by atoms with E-state index < -0.39 is 15.5 Å². The Kier molecular flexibility index (Phi) is 3.96. The molecule has 2 heterocycles. The van der Waals surface area contributed by atoms with Gasteiger partial charge in [0.15, 0.2) is 21.3 Å². The zero-order valence-corrected chi connectivity index (χ0v) is 14.9. The van der Waals surface area contributed by atoms with E-state index >= 15 is 0 Å². The first-order chi connectivity index (χ1) is 12.9. The highest BCUT2D eigenvalue weighted by atomic mass is 32.2. The summed E-state index contributed by atoms with van der Waals surface area (Å²) in [5.41, 5.74) is -0.130. The van der Waals surface area contributed by atoms with Crippen molar-refractivity contribution in [2.24, 2.45) is 0 Å². The van der Waals surface area contributed by atoms with Crippen LogP contribution in [0.5, 0.6) is 11.5 Å². The van der Waals surface area contributed by atoms with E-state index in [1.54, 1.807) is 6.07 Å². The molecule has 0 unspecified atom stereocenters. The lowest BCUT2D eigenvalue weighted by Gasteiger charge is -2.18. The van der Waals surface area contributed by atoms with Crippen molar-refractivity contribution in [3.05, 3.63) is 46.3 Å². The van der Waals surface area contributed by atoms with Crippen molar-refractivity contribution < 1.29 is 27.1 Å². The van der Waals surface area contributed by atoms with Crippen molar-refractivity contribution in [1.29, 1.82) is 0 Å². The molecule has 1 aliphatic rings. The summed E-state index contributed by atoms with van der Waals surface area (Å²) in [6.45, 7) is 0.744. The molecule has 9 heteroatoms. The van der Waals surface area contributed by atoms with E-state index in [-0.39, 0.29) is 32.8 Å². The van der Waals surface area contributed by atoms with Gasteiger partial charge in [-0.2, -0.15) is 0 Å². The molecule has 0 spiro atoms. The van der Waals surface area contributed by atoms with Crippen LogP contribution in [0.25, 0.3) is 22.4 Å². The average molecular weight is 387 g/mol. The van der Waals surface area contributed by atoms with Gasteiger partial charge < -0.3 is 13.9 Å². The highest BCUT2D eigenvalue weighted by molar-refractivity contribution is 7.90. The third kappa shape index (κ3) is 3.06. The van der Waals surface area contributed by atoms with Crippen molar-refractivity contribution in [2.75, 3.05) is 19.5 Å². The van der Waals surface area contributed by atoms with Crippen LogP contribution in [0, 0.1) is 0 Å². The van der Waals surface area contributed by atoms with Gasteiger partial charge in [-0.3, -0.25) is 4.79 Å². The summed E-state index contributed by atoms with van der Waals surface area (Å²) in [6, 6.07) is 7.05. The number of carbonyl (C=O) groups excluding carboxylic acids is 1. The molecule has 0 saturated carbocycles. The molecule has 2 aromatic carbocycles. The highest BCUT2D eigenvalue weighted by Crippen LogP contribution is 2.34. The maximum atomic E-state index is 12.4. The van der Waals surface area contributed by atoms with Crippen LogP contribution in [0.1, 0.15) is 10.4 Å². The smallest absolute Gasteiger partial charge is 0.347 e. The van der Waals surface area contributed by atoms with Crippen LogP contribution in [0.4, 0.5) is 0 Å². The largest absolute Gasteiger partial charge is 0.486 e. The molecule has 3 aromatic rings. The second kappa shape index (κ2) is 6.20. The number of aldehydes is 1. The Labute approximate surface area is 153 Å². The van der Waals surface area contributed by atoms with E-state index in [4.69, 9.17) is 13.9 Å². The lowest BCUT2D eigenvalue weighted by molar-refractivity contribution is 0.112. The Morgan fingerprint density at radius 2 is 1.78 bits per heavy atom. The fourth-order valence-corrected chi connectivity index (χ4v) is 3.72. The second-order valence-electron chi connectivity index (χ2n) is 5.97. The molecule has 138 valence electrons. The van der Waals surface area contributed by atoms with Gasteiger partial charge in [0.05, 0.1) is 21.4 Å². The van der Waals surface area contributed by atoms with Gasteiger partial charge in [0.1, 0.15) is 19.5 Å². The molecule has 0 atom stereocenters. The number of hydrogen-bond acceptors (Lipinski definition) is 8. The molecule has 0 amide bonds. The summed E-state index contributed by atoms with van der Waals surface area (Å²) in [4.78, 5) is 27.6. The quantitative estimate of drug-likeness (QED) is 0.626. The van der Waals surface area contributed by atoms with E-state index in [0.717, 1.165) is 6.26 Å². The second-order valence-corrected chi connectivity index (χ2v) is 7.95. The monoisotopic (exact) mass is 387 g/mol. The van der Waals surface area contributed by atoms with E-state index in [1.807, 2.05) is 0 Å². The predicted molar refractivity (Wildman–Crippen MR) is 95.2 cm³/mol. The minimum Gasteiger partial charge on any atom is -0.486 e. The van der Waals surface area contributed by atoms with Crippen LogP contribution in [0.2, 0.25) is 0 Å². The van der Waals surface area contributed by atoms with Gasteiger partial charge in [-0.1, -0.05) is 6.07 Å². The lowest BCUT2D eigenvalue weighted by atomic mass is 10.1. The van der Waals surface area contributed by atoms with Crippen LogP contribution < -0.4 is 15.1 Å². The molecule has 1 aliphatic heterocycles. The van der Waals surface area contributed by atoms with Gasteiger partial charge in [-0.25, -0.2) is 18.2 Å². The zero-order valence-electron chi connectivity index (χ0n) is 14.1. The van der Waals surface area contributed by atoms with Crippen LogP contribution in [0.3, 0.4) is 0 Å². The van der Waals surface area contributed by atoms with Crippen LogP contribution in [-0.2, 0) is 9.84 Å². The maximum Gasteiger partial charge on any atom is 0.347 e. The van der Waals surface area contributed by atoms with Crippen LogP contribution >= 0.6 is 0 Å². The zero-order chi connectivity index (χ0) is 19.2. The summed E-state index contributed by atoms with van der Waals surface area (Å²) < 4.78 is 40.5. The van der Waals surface area contributed by atoms with Crippen LogP contribution in [-0.4, -0.2) is 39.2 Å². The topological polar surface area (TPSA) is 113 Å². The van der Waals surface area contributed by atoms with Gasteiger partial charge in [0, 0.05) is 24.0 Å². The maximum absolute atomic E-state index is 12.4. The molecule has 0 N–H and O–H groups in total. The average Bonchev–Trinajstić information content (AvgIpc) is 2.65. The first kappa shape index (κ1) is 17.2. The Balaban J connectivity index is 1.98. The molecular weight excluding hydrogens is 374 g/mol. The van der Waals surface area contributed by atoms with Gasteiger partial charge in [-0.05, 0) is 12.1 Å². The number of hydrogen-bond donors (Lipinski definition) is 0. The fraction of sp³-hybridized carbons (Fsp3) is 0.167. The van der Waals surface area contributed by atoms with Crippen molar-refractivity contribution >= 4 is 27.0 Å². The molecular formula is C18H13NO7S. The number of fused-ring (bicyclic) bond motifs is 2. The van der Waals surface area contributed by atoms with Crippen molar-refractivity contribution in [3.63, 3.8) is 0 Å². The molecule has 0 bridgehead atoms. The highest BCUT2D eigenvalue weighted by Gasteiger charge is 2.21. The Bertz CT molecular complexity index is 1240. The fourth-order valence-electron chi connectivity index (χ4n) is 2.82. The van der Waals surface area contributed by atoms with Gasteiger partial charge in [0.25, 0.3) is 0 Å². The predicted octanol–water partition coefficient (Wildman–Crippen LogP) is 1.84. The summed E-state index contributed by atoms with van der Waals surface area (Å²) in [7, 11) is -3.70. The minimum absolute atomic E-state index is 0.0944. The minimum atomic E-state index is -3.70. The summed E-state index contributed by atoms with van der Waals surface area (Å²) in [5.74, 6) is 0.697. The van der Waals surface area contributed by atoms with Crippen molar-refractivity contribution in [2.45, 2.75) is 4.90 Å². The summed E-state index contributed by atoms with van der Waals surface area (Å²) >= 11 is 0. The third-order valence-electron chi connectivity index (χ3n) is 4.06. The normalized spacial score (nSPS) is 13.5. The number of benzene rings is 2. The molecule has 8 nitrogen and oxygen atoms in total. The van der Waals surface area contributed by atoms with E-state index in [2.05, 4.69) is 4.98 Å². The van der Waals surface area contributed by atoms with E-state index in [9.17, 15) is 18.0 Å². The number of sulfone groups is 1. The summed E-state index contributed by atoms with van der Waals surface area (Å²) in [6.07, 6.45) is 1.53. The first-order valence-electron chi connectivity index (χ1n) is 7.91. The van der Waals surface area contributed by atoms with Gasteiger partial charge in [0.2, 0.25) is 5.89 Å². The molecule has 0 radical (unpaired) electrons. The SMILES string of the molecule is CS(=O)(=O)c1cc(C=O)ccc1-c1nc2cc3c(cc2c(=O)o1)OCCO3. The van der Waals surface area contributed by atoms with Gasteiger partial charge in [-0.15, -0.1) is 0 Å². The number of carbonyl (C=O) groups is 1. The van der Waals surface area contributed by atoms with Crippen molar-refractivity contribution in [1.82, 2.24) is 4.98 Å². The Morgan fingerprint density at radius 1 is 1.07 bits per heavy atom. The first-order valence-corrected chi connectivity index (χ1v) is 9.80. The van der Waals surface area contributed by atoms with E-state index in [1.165, 1.54) is 24.3 Å². The number of aromatic nitrogens is 1. The third-order valence-corrected chi connectivity index (χ3v) is 5.20. The lowest BCUT2D eigenvalue weighted by Crippen LogP contribution is -2.16. The molecule has 1 aromatic heterocycles. The molecule has 27 heavy (non-hydrogen) atoms. The Morgan fingerprint density at radius 3 is 2.44 bits per heavy atom. The molecule has 0 fully saturated rings.